The lowest BCUT2D eigenvalue weighted by molar-refractivity contribution is 0.932. The lowest BCUT2D eigenvalue weighted by Gasteiger charge is -2.06. The average Bonchev–Trinajstić information content (AvgIpc) is 2.30. The van der Waals surface area contributed by atoms with Crippen LogP contribution >= 0.6 is 0 Å². The Morgan fingerprint density at radius 1 is 1.00 bits per heavy atom. The van der Waals surface area contributed by atoms with Gasteiger partial charge in [0.2, 0.25) is 0 Å². The first-order valence-electron chi connectivity index (χ1n) is 5.77. The average molecular weight is 208 g/mol. The largest absolute Gasteiger partial charge is 0.398 e. The molecule has 86 valence electrons. The molecule has 1 rings (SSSR count). The van der Waals surface area contributed by atoms with E-state index in [2.05, 4.69) is 39.0 Å². The summed E-state index contributed by atoms with van der Waals surface area (Å²) in [5.41, 5.74) is 14.5. The van der Waals surface area contributed by atoms with E-state index < -0.39 is 0 Å². The van der Waals surface area contributed by atoms with E-state index >= 15 is 0 Å². The Bertz CT molecular complexity index is 245. The highest BCUT2D eigenvalue weighted by atomic mass is 14.6. The Balaban J connectivity index is 0.000000423. The van der Waals surface area contributed by atoms with Gasteiger partial charge in [-0.1, -0.05) is 39.0 Å². The predicted octanol–water partition coefficient (Wildman–Crippen LogP) is 2.75. The number of anilines is 1. The van der Waals surface area contributed by atoms with E-state index in [9.17, 15) is 0 Å². The van der Waals surface area contributed by atoms with E-state index in [1.807, 2.05) is 0 Å². The van der Waals surface area contributed by atoms with Gasteiger partial charge in [0.15, 0.2) is 0 Å². The molecule has 2 nitrogen and oxygen atoms in total. The highest BCUT2D eigenvalue weighted by Gasteiger charge is 1.99. The van der Waals surface area contributed by atoms with Crippen LogP contribution in [0.1, 0.15) is 38.3 Å². The lowest BCUT2D eigenvalue weighted by Crippen LogP contribution is -1.97. The third-order valence-corrected chi connectivity index (χ3v) is 2.34. The molecule has 0 aliphatic carbocycles. The van der Waals surface area contributed by atoms with Crippen molar-refractivity contribution in [1.82, 2.24) is 0 Å². The molecule has 0 aliphatic heterocycles. The minimum Gasteiger partial charge on any atom is -0.398 e. The summed E-state index contributed by atoms with van der Waals surface area (Å²) in [7, 11) is 0. The molecule has 0 radical (unpaired) electrons. The van der Waals surface area contributed by atoms with Crippen LogP contribution < -0.4 is 11.5 Å². The third kappa shape index (κ3) is 4.84. The van der Waals surface area contributed by atoms with Crippen molar-refractivity contribution in [2.75, 3.05) is 12.3 Å². The Morgan fingerprint density at radius 3 is 1.67 bits per heavy atom. The summed E-state index contributed by atoms with van der Waals surface area (Å²) in [6, 6.07) is 6.26. The monoisotopic (exact) mass is 208 g/mol. The Kier molecular flexibility index (Phi) is 7.74. The van der Waals surface area contributed by atoms with Gasteiger partial charge in [-0.25, -0.2) is 0 Å². The molecule has 0 saturated carbocycles. The topological polar surface area (TPSA) is 52.0 Å². The van der Waals surface area contributed by atoms with E-state index in [1.54, 1.807) is 0 Å². The predicted molar refractivity (Wildman–Crippen MR) is 69.0 cm³/mol. The molecule has 0 atom stereocenters. The first kappa shape index (κ1) is 14.0. The summed E-state index contributed by atoms with van der Waals surface area (Å²) in [5, 5.41) is 0. The fourth-order valence-corrected chi connectivity index (χ4v) is 1.28. The zero-order chi connectivity index (χ0) is 11.7. The molecule has 0 heterocycles. The van der Waals surface area contributed by atoms with Crippen LogP contribution in [0.15, 0.2) is 18.2 Å². The second-order valence-corrected chi connectivity index (χ2v) is 3.49. The van der Waals surface area contributed by atoms with Crippen molar-refractivity contribution >= 4 is 5.69 Å². The second kappa shape index (κ2) is 8.30. The standard InChI is InChI=1S/C10H15N.C3H9N/c1-3-8-6-5-7-9(4-2)10(8)11;1-2-3-4/h5-7H,3-4,11H2,1-2H3;2-4H2,1H3. The lowest BCUT2D eigenvalue weighted by atomic mass is 10.0. The van der Waals surface area contributed by atoms with Crippen LogP contribution in [-0.4, -0.2) is 6.54 Å². The number of hydrogen-bond donors (Lipinski definition) is 2. The number of para-hydroxylation sites is 1. The van der Waals surface area contributed by atoms with E-state index in [4.69, 9.17) is 11.5 Å². The Hall–Kier alpha value is -1.02. The zero-order valence-corrected chi connectivity index (χ0v) is 10.2. The van der Waals surface area contributed by atoms with Crippen molar-refractivity contribution in [2.45, 2.75) is 40.0 Å². The maximum atomic E-state index is 5.90. The smallest absolute Gasteiger partial charge is 0.0378 e. The molecule has 0 saturated heterocycles. The Morgan fingerprint density at radius 2 is 1.40 bits per heavy atom. The molecule has 4 N–H and O–H groups in total. The van der Waals surface area contributed by atoms with Crippen molar-refractivity contribution in [1.29, 1.82) is 0 Å². The molecule has 0 fully saturated rings. The van der Waals surface area contributed by atoms with Gasteiger partial charge in [0.05, 0.1) is 0 Å². The molecule has 1 aromatic carbocycles. The van der Waals surface area contributed by atoms with E-state index in [0.29, 0.717) is 0 Å². The van der Waals surface area contributed by atoms with E-state index in [1.165, 1.54) is 11.1 Å². The summed E-state index contributed by atoms with van der Waals surface area (Å²) >= 11 is 0. The van der Waals surface area contributed by atoms with Crippen molar-refractivity contribution in [3.8, 4) is 0 Å². The molecular weight excluding hydrogens is 184 g/mol. The van der Waals surface area contributed by atoms with E-state index in [-0.39, 0.29) is 0 Å². The number of rotatable bonds is 3. The maximum absolute atomic E-state index is 5.90. The minimum absolute atomic E-state index is 0.819. The summed E-state index contributed by atoms with van der Waals surface area (Å²) in [6.45, 7) is 7.14. The highest BCUT2D eigenvalue weighted by molar-refractivity contribution is 5.53. The van der Waals surface area contributed by atoms with Gasteiger partial charge in [-0.2, -0.15) is 0 Å². The maximum Gasteiger partial charge on any atom is 0.0378 e. The molecular formula is C13H24N2. The van der Waals surface area contributed by atoms with Crippen molar-refractivity contribution in [3.63, 3.8) is 0 Å². The number of aryl methyl sites for hydroxylation is 2. The molecule has 0 unspecified atom stereocenters. The highest BCUT2D eigenvalue weighted by Crippen LogP contribution is 2.17. The molecule has 0 amide bonds. The number of benzene rings is 1. The summed E-state index contributed by atoms with van der Waals surface area (Å²) in [5.74, 6) is 0. The molecule has 0 aliphatic rings. The van der Waals surface area contributed by atoms with Crippen LogP contribution in [0.5, 0.6) is 0 Å². The fraction of sp³-hybridized carbons (Fsp3) is 0.538. The zero-order valence-electron chi connectivity index (χ0n) is 10.2. The van der Waals surface area contributed by atoms with Gasteiger partial charge in [-0.15, -0.1) is 0 Å². The molecule has 2 heteroatoms. The van der Waals surface area contributed by atoms with Crippen LogP contribution in [0.25, 0.3) is 0 Å². The van der Waals surface area contributed by atoms with Gasteiger partial charge in [0.1, 0.15) is 0 Å². The van der Waals surface area contributed by atoms with E-state index in [0.717, 1.165) is 31.5 Å². The van der Waals surface area contributed by atoms with Gasteiger partial charge in [-0.05, 0) is 36.9 Å². The summed E-state index contributed by atoms with van der Waals surface area (Å²) in [4.78, 5) is 0. The SMILES string of the molecule is CCCN.CCc1cccc(CC)c1N. The molecule has 15 heavy (non-hydrogen) atoms. The number of hydrogen-bond acceptors (Lipinski definition) is 2. The van der Waals surface area contributed by atoms with Crippen LogP contribution in [0.3, 0.4) is 0 Å². The molecule has 0 bridgehead atoms. The van der Waals surface area contributed by atoms with Crippen molar-refractivity contribution in [3.05, 3.63) is 29.3 Å². The Labute approximate surface area is 93.7 Å². The minimum atomic E-state index is 0.819. The van der Waals surface area contributed by atoms with Crippen molar-refractivity contribution in [2.24, 2.45) is 5.73 Å². The fourth-order valence-electron chi connectivity index (χ4n) is 1.28. The molecule has 1 aromatic rings. The number of nitrogens with two attached hydrogens (primary N) is 2. The number of nitrogen functional groups attached to an aromatic ring is 1. The normalized spacial score (nSPS) is 9.33. The van der Waals surface area contributed by atoms with Crippen LogP contribution in [-0.2, 0) is 12.8 Å². The molecule has 0 spiro atoms. The first-order valence-corrected chi connectivity index (χ1v) is 5.77. The first-order chi connectivity index (χ1) is 7.21. The van der Waals surface area contributed by atoms with Gasteiger partial charge in [0.25, 0.3) is 0 Å². The quantitative estimate of drug-likeness (QED) is 0.750. The second-order valence-electron chi connectivity index (χ2n) is 3.49. The van der Waals surface area contributed by atoms with Crippen LogP contribution in [0.2, 0.25) is 0 Å². The summed E-state index contributed by atoms with van der Waals surface area (Å²) in [6.07, 6.45) is 3.15. The molecule has 0 aromatic heterocycles. The van der Waals surface area contributed by atoms with Gasteiger partial charge < -0.3 is 11.5 Å². The van der Waals surface area contributed by atoms with Crippen molar-refractivity contribution < 1.29 is 0 Å². The van der Waals surface area contributed by atoms with Crippen LogP contribution in [0, 0.1) is 0 Å². The van der Waals surface area contributed by atoms with Gasteiger partial charge in [-0.3, -0.25) is 0 Å². The third-order valence-electron chi connectivity index (χ3n) is 2.34. The van der Waals surface area contributed by atoms with Gasteiger partial charge >= 0.3 is 0 Å². The summed E-state index contributed by atoms with van der Waals surface area (Å²) < 4.78 is 0. The van der Waals surface area contributed by atoms with Gasteiger partial charge in [0, 0.05) is 5.69 Å². The van der Waals surface area contributed by atoms with Crippen LogP contribution in [0.4, 0.5) is 5.69 Å².